The van der Waals surface area contributed by atoms with Crippen LogP contribution in [-0.2, 0) is 39.6 Å². The molecular weight excluding hydrogens is 614 g/mol. The number of carbonyl (C=O) groups excluding carboxylic acids is 3. The molecule has 0 unspecified atom stereocenters. The first kappa shape index (κ1) is 39.0. The molecule has 1 aromatic rings. The fourth-order valence-electron chi connectivity index (χ4n) is 6.10. The van der Waals surface area contributed by atoms with E-state index in [1.165, 1.54) is 0 Å². The molecule has 2 heterocycles. The van der Waals surface area contributed by atoms with Crippen molar-refractivity contribution >= 4 is 26.2 Å². The summed E-state index contributed by atoms with van der Waals surface area (Å²) < 4.78 is 30.8. The maximum absolute atomic E-state index is 14.4. The van der Waals surface area contributed by atoms with Crippen LogP contribution in [0.4, 0.5) is 0 Å². The number of benzene rings is 1. The summed E-state index contributed by atoms with van der Waals surface area (Å²) in [5, 5.41) is -0.0234. The molecule has 2 saturated heterocycles. The van der Waals surface area contributed by atoms with E-state index in [1.807, 2.05) is 38.1 Å². The van der Waals surface area contributed by atoms with Crippen molar-refractivity contribution < 1.29 is 37.8 Å². The molecule has 1 aromatic carbocycles. The normalized spacial score (nSPS) is 26.4. The zero-order valence-corrected chi connectivity index (χ0v) is 31.6. The summed E-state index contributed by atoms with van der Waals surface area (Å²) in [5.41, 5.74) is 0.919. The molecule has 2 aliphatic rings. The van der Waals surface area contributed by atoms with Crippen LogP contribution in [0.25, 0.3) is 0 Å². The van der Waals surface area contributed by atoms with Gasteiger partial charge in [-0.25, -0.2) is 0 Å². The number of esters is 2. The molecule has 47 heavy (non-hydrogen) atoms. The Morgan fingerprint density at radius 2 is 1.66 bits per heavy atom. The highest BCUT2D eigenvalue weighted by Gasteiger charge is 2.49. The van der Waals surface area contributed by atoms with Crippen molar-refractivity contribution in [2.45, 2.75) is 155 Å². The van der Waals surface area contributed by atoms with Crippen LogP contribution in [0.1, 0.15) is 105 Å². The number of nitrogens with zero attached hydrogens (tertiary/aromatic N) is 1. The summed E-state index contributed by atoms with van der Waals surface area (Å²) in [6, 6.07) is 7.13. The van der Waals surface area contributed by atoms with Crippen molar-refractivity contribution in [3.63, 3.8) is 0 Å². The van der Waals surface area contributed by atoms with Crippen LogP contribution < -0.4 is 4.74 Å². The minimum absolute atomic E-state index is 0.0234. The number of carbonyl (C=O) groups is 3. The quantitative estimate of drug-likeness (QED) is 0.121. The van der Waals surface area contributed by atoms with Crippen molar-refractivity contribution in [1.29, 1.82) is 0 Å². The van der Waals surface area contributed by atoms with Gasteiger partial charge in [-0.05, 0) is 67.9 Å². The summed E-state index contributed by atoms with van der Waals surface area (Å²) in [7, 11) is -0.568. The van der Waals surface area contributed by atoms with Gasteiger partial charge in [0.2, 0.25) is 0 Å². The Bertz CT molecular complexity index is 1160. The molecule has 266 valence electrons. The van der Waals surface area contributed by atoms with Crippen LogP contribution in [-0.4, -0.2) is 75.2 Å². The minimum atomic E-state index is -2.19. The smallest absolute Gasteiger partial charge is 0.313 e. The summed E-state index contributed by atoms with van der Waals surface area (Å²) in [6.45, 7) is 19.2. The lowest BCUT2D eigenvalue weighted by atomic mass is 9.97. The Morgan fingerprint density at radius 1 is 1.00 bits per heavy atom. The predicted molar refractivity (Wildman–Crippen MR) is 186 cm³/mol. The maximum Gasteiger partial charge on any atom is 0.313 e. The van der Waals surface area contributed by atoms with E-state index in [-0.39, 0.29) is 36.0 Å². The minimum Gasteiger partial charge on any atom is -0.497 e. The maximum atomic E-state index is 14.4. The second-order valence-electron chi connectivity index (χ2n) is 15.3. The third-order valence-electron chi connectivity index (χ3n) is 10.2. The lowest BCUT2D eigenvalue weighted by molar-refractivity contribution is -0.177. The first-order valence-electron chi connectivity index (χ1n) is 17.7. The van der Waals surface area contributed by atoms with Gasteiger partial charge in [0.05, 0.1) is 44.3 Å². The average molecular weight is 676 g/mol. The Labute approximate surface area is 284 Å². The summed E-state index contributed by atoms with van der Waals surface area (Å²) in [4.78, 5) is 43.4. The molecule has 2 fully saturated rings. The third-order valence-corrected chi connectivity index (χ3v) is 14.7. The average Bonchev–Trinajstić information content (AvgIpc) is 3.42. The highest BCUT2D eigenvalue weighted by molar-refractivity contribution is 6.74. The lowest BCUT2D eigenvalue weighted by Gasteiger charge is -2.38. The molecule has 0 aliphatic carbocycles. The van der Waals surface area contributed by atoms with Gasteiger partial charge in [-0.3, -0.25) is 14.4 Å². The molecule has 0 N–H and O–H groups in total. The molecular formula is C37H61NO8Si. The molecule has 3 rings (SSSR count). The van der Waals surface area contributed by atoms with E-state index in [9.17, 15) is 14.4 Å². The molecule has 6 atom stereocenters. The van der Waals surface area contributed by atoms with Crippen LogP contribution in [0.3, 0.4) is 0 Å². The topological polar surface area (TPSA) is 101 Å². The van der Waals surface area contributed by atoms with E-state index in [2.05, 4.69) is 40.8 Å². The van der Waals surface area contributed by atoms with Gasteiger partial charge in [0.1, 0.15) is 11.9 Å². The van der Waals surface area contributed by atoms with Crippen molar-refractivity contribution in [3.8, 4) is 5.75 Å². The highest BCUT2D eigenvalue weighted by atomic mass is 28.4. The molecule has 10 heteroatoms. The van der Waals surface area contributed by atoms with E-state index < -0.39 is 50.5 Å². The van der Waals surface area contributed by atoms with Gasteiger partial charge in [0.25, 0.3) is 5.91 Å². The van der Waals surface area contributed by atoms with Crippen LogP contribution >= 0.6 is 0 Å². The van der Waals surface area contributed by atoms with Gasteiger partial charge >= 0.3 is 11.9 Å². The number of hydrogen-bond acceptors (Lipinski definition) is 8. The fourth-order valence-corrected chi connectivity index (χ4v) is 7.46. The second-order valence-corrected chi connectivity index (χ2v) is 20.1. The molecule has 0 bridgehead atoms. The fraction of sp³-hybridized carbons (Fsp3) is 0.757. The summed E-state index contributed by atoms with van der Waals surface area (Å²) in [5.74, 6) is -1.44. The number of cyclic esters (lactones) is 2. The van der Waals surface area contributed by atoms with Crippen molar-refractivity contribution in [1.82, 2.24) is 4.90 Å². The van der Waals surface area contributed by atoms with Crippen LogP contribution in [0.5, 0.6) is 5.75 Å². The van der Waals surface area contributed by atoms with E-state index in [0.717, 1.165) is 43.4 Å². The molecule has 1 amide bonds. The third kappa shape index (κ3) is 10.8. The van der Waals surface area contributed by atoms with Gasteiger partial charge in [-0.1, -0.05) is 79.4 Å². The van der Waals surface area contributed by atoms with Gasteiger partial charge in [-0.15, -0.1) is 0 Å². The van der Waals surface area contributed by atoms with Crippen molar-refractivity contribution in [2.75, 3.05) is 13.7 Å². The number of unbranched alkanes of at least 4 members (excludes halogenated alkanes) is 4. The van der Waals surface area contributed by atoms with Crippen LogP contribution in [0.2, 0.25) is 18.1 Å². The number of rotatable bonds is 13. The predicted octanol–water partition coefficient (Wildman–Crippen LogP) is 7.45. The standard InChI is InChI=1S/C37H61NO8Si/c1-11-12-13-14-15-16-31-26(4)36(41)45-34(25(2)3)35(40)38-23-29(46-47(9,10)37(5,6)7)21-30(38)32(22-33(39)44-31)43-24-27-17-19-28(42-8)20-18-27/h17-20,25-26,29-32,34H,11-16,21-24H2,1-10H3/t26-,29+,30-,31-,32+,34-/m0/s1. The highest BCUT2D eigenvalue weighted by Crippen LogP contribution is 2.40. The Balaban J connectivity index is 1.98. The molecule has 9 nitrogen and oxygen atoms in total. The van der Waals surface area contributed by atoms with Crippen molar-refractivity contribution in [2.24, 2.45) is 11.8 Å². The molecule has 2 aliphatic heterocycles. The first-order chi connectivity index (χ1) is 22.1. The van der Waals surface area contributed by atoms with Gasteiger partial charge in [0.15, 0.2) is 14.4 Å². The summed E-state index contributed by atoms with van der Waals surface area (Å²) >= 11 is 0. The van der Waals surface area contributed by atoms with Crippen LogP contribution in [0.15, 0.2) is 24.3 Å². The van der Waals surface area contributed by atoms with Crippen molar-refractivity contribution in [3.05, 3.63) is 29.8 Å². The Kier molecular flexibility index (Phi) is 14.4. The molecule has 0 spiro atoms. The lowest BCUT2D eigenvalue weighted by Crippen LogP contribution is -2.52. The van der Waals surface area contributed by atoms with Gasteiger partial charge < -0.3 is 28.3 Å². The largest absolute Gasteiger partial charge is 0.497 e. The Morgan fingerprint density at radius 3 is 2.26 bits per heavy atom. The number of hydrogen-bond donors (Lipinski definition) is 0. The van der Waals surface area contributed by atoms with Gasteiger partial charge in [0, 0.05) is 6.54 Å². The monoisotopic (exact) mass is 675 g/mol. The Hall–Kier alpha value is -2.43. The second kappa shape index (κ2) is 17.3. The van der Waals surface area contributed by atoms with E-state index >= 15 is 0 Å². The zero-order valence-electron chi connectivity index (χ0n) is 30.6. The van der Waals surface area contributed by atoms with Gasteiger partial charge in [-0.2, -0.15) is 0 Å². The van der Waals surface area contributed by atoms with E-state index in [4.69, 9.17) is 23.4 Å². The molecule has 0 saturated carbocycles. The number of fused-ring (bicyclic) bond motifs is 1. The number of methoxy groups -OCH3 is 1. The number of ether oxygens (including phenoxy) is 4. The number of amides is 1. The first-order valence-corrected chi connectivity index (χ1v) is 20.6. The zero-order chi connectivity index (χ0) is 34.9. The molecule has 0 aromatic heterocycles. The van der Waals surface area contributed by atoms with E-state index in [1.54, 1.807) is 18.9 Å². The summed E-state index contributed by atoms with van der Waals surface area (Å²) in [6.07, 6.45) is 3.72. The van der Waals surface area contributed by atoms with Crippen LogP contribution in [0, 0.1) is 11.8 Å². The van der Waals surface area contributed by atoms with E-state index in [0.29, 0.717) is 19.4 Å². The SMILES string of the molecule is CCCCCCC[C@@H]1OC(=O)C[C@@H](OCc2ccc(OC)cc2)[C@@H]2C[C@@H](O[Si](C)(C)C(C)(C)C)CN2C(=O)[C@H](C(C)C)OC(=O)[C@H]1C. The molecule has 0 radical (unpaired) electrons.